The summed E-state index contributed by atoms with van der Waals surface area (Å²) >= 11 is 0. The molecule has 1 aromatic carbocycles. The van der Waals surface area contributed by atoms with Crippen molar-refractivity contribution in [2.24, 2.45) is 5.92 Å². The highest BCUT2D eigenvalue weighted by atomic mass is 19.4. The van der Waals surface area contributed by atoms with Crippen molar-refractivity contribution >= 4 is 5.69 Å². The van der Waals surface area contributed by atoms with Crippen LogP contribution < -0.4 is 5.32 Å². The lowest BCUT2D eigenvalue weighted by Crippen LogP contribution is -2.30. The highest BCUT2D eigenvalue weighted by molar-refractivity contribution is 5.60. The fraction of sp³-hybridized carbons (Fsp3) is 0.533. The van der Waals surface area contributed by atoms with Gasteiger partial charge in [-0.15, -0.1) is 0 Å². The zero-order chi connectivity index (χ0) is 14.8. The van der Waals surface area contributed by atoms with Crippen molar-refractivity contribution in [3.8, 4) is 6.07 Å². The predicted molar refractivity (Wildman–Crippen MR) is 71.2 cm³/mol. The van der Waals surface area contributed by atoms with Crippen molar-refractivity contribution in [2.45, 2.75) is 44.8 Å². The van der Waals surface area contributed by atoms with Gasteiger partial charge in [0.2, 0.25) is 0 Å². The van der Waals surface area contributed by atoms with Crippen LogP contribution in [0.5, 0.6) is 0 Å². The van der Waals surface area contributed by atoms with Gasteiger partial charge in [-0.1, -0.05) is 19.8 Å². The SMILES string of the molecule is C[C@@H]1CCCC[C@@H]1Nc1cc(C(F)(F)F)ccc1C#N. The second-order valence-corrected chi connectivity index (χ2v) is 5.38. The molecule has 0 aromatic heterocycles. The maximum atomic E-state index is 12.7. The summed E-state index contributed by atoms with van der Waals surface area (Å²) in [5.41, 5.74) is -0.167. The number of nitrogens with zero attached hydrogens (tertiary/aromatic N) is 1. The molecule has 1 aromatic rings. The minimum atomic E-state index is -4.39. The molecule has 1 aliphatic carbocycles. The number of alkyl halides is 3. The van der Waals surface area contributed by atoms with Crippen LogP contribution in [0.2, 0.25) is 0 Å². The van der Waals surface area contributed by atoms with Crippen LogP contribution in [0.25, 0.3) is 0 Å². The Hall–Kier alpha value is -1.70. The van der Waals surface area contributed by atoms with Crippen LogP contribution in [0.3, 0.4) is 0 Å². The molecule has 1 saturated carbocycles. The van der Waals surface area contributed by atoms with E-state index in [9.17, 15) is 13.2 Å². The Morgan fingerprint density at radius 2 is 1.95 bits per heavy atom. The zero-order valence-electron chi connectivity index (χ0n) is 11.3. The van der Waals surface area contributed by atoms with Crippen molar-refractivity contribution in [2.75, 3.05) is 5.32 Å². The Labute approximate surface area is 116 Å². The number of nitrogens with one attached hydrogen (secondary N) is 1. The number of halogens is 3. The van der Waals surface area contributed by atoms with Gasteiger partial charge >= 0.3 is 6.18 Å². The average Bonchev–Trinajstić information content (AvgIpc) is 2.40. The van der Waals surface area contributed by atoms with E-state index in [0.29, 0.717) is 11.6 Å². The molecule has 0 spiro atoms. The summed E-state index contributed by atoms with van der Waals surface area (Å²) in [5, 5.41) is 12.2. The van der Waals surface area contributed by atoms with Gasteiger partial charge < -0.3 is 5.32 Å². The molecule has 1 fully saturated rings. The maximum Gasteiger partial charge on any atom is 0.416 e. The third-order valence-corrected chi connectivity index (χ3v) is 3.92. The van der Waals surface area contributed by atoms with E-state index in [1.54, 1.807) is 0 Å². The highest BCUT2D eigenvalue weighted by Crippen LogP contribution is 2.34. The first-order valence-electron chi connectivity index (χ1n) is 6.79. The van der Waals surface area contributed by atoms with E-state index in [1.807, 2.05) is 6.07 Å². The molecular formula is C15H17F3N2. The van der Waals surface area contributed by atoms with E-state index in [4.69, 9.17) is 5.26 Å². The number of benzene rings is 1. The molecule has 108 valence electrons. The Morgan fingerprint density at radius 1 is 1.25 bits per heavy atom. The fourth-order valence-electron chi connectivity index (χ4n) is 2.67. The summed E-state index contributed by atoms with van der Waals surface area (Å²) in [6.07, 6.45) is -0.153. The van der Waals surface area contributed by atoms with Crippen LogP contribution in [0, 0.1) is 17.2 Å². The molecule has 1 aliphatic rings. The zero-order valence-corrected chi connectivity index (χ0v) is 11.3. The number of rotatable bonds is 2. The fourth-order valence-corrected chi connectivity index (χ4v) is 2.67. The van der Waals surface area contributed by atoms with Crippen molar-refractivity contribution in [3.05, 3.63) is 29.3 Å². The van der Waals surface area contributed by atoms with Crippen molar-refractivity contribution < 1.29 is 13.2 Å². The molecule has 0 aliphatic heterocycles. The lowest BCUT2D eigenvalue weighted by Gasteiger charge is -2.30. The Kier molecular flexibility index (Phi) is 4.22. The summed E-state index contributed by atoms with van der Waals surface area (Å²) in [4.78, 5) is 0. The van der Waals surface area contributed by atoms with E-state index >= 15 is 0 Å². The van der Waals surface area contributed by atoms with E-state index in [2.05, 4.69) is 12.2 Å². The monoisotopic (exact) mass is 282 g/mol. The lowest BCUT2D eigenvalue weighted by atomic mass is 9.85. The smallest absolute Gasteiger partial charge is 0.381 e. The third kappa shape index (κ3) is 3.24. The maximum absolute atomic E-state index is 12.7. The van der Waals surface area contributed by atoms with Crippen LogP contribution in [-0.4, -0.2) is 6.04 Å². The van der Waals surface area contributed by atoms with Crippen LogP contribution in [0.15, 0.2) is 18.2 Å². The minimum absolute atomic E-state index is 0.138. The average molecular weight is 282 g/mol. The molecule has 5 heteroatoms. The number of anilines is 1. The van der Waals surface area contributed by atoms with Gasteiger partial charge in [0.15, 0.2) is 0 Å². The van der Waals surface area contributed by atoms with Gasteiger partial charge in [-0.3, -0.25) is 0 Å². The summed E-state index contributed by atoms with van der Waals surface area (Å²) < 4.78 is 38.2. The van der Waals surface area contributed by atoms with E-state index in [1.165, 1.54) is 6.07 Å². The molecule has 2 rings (SSSR count). The van der Waals surface area contributed by atoms with E-state index in [-0.39, 0.29) is 11.6 Å². The van der Waals surface area contributed by atoms with Gasteiger partial charge in [0.25, 0.3) is 0 Å². The van der Waals surface area contributed by atoms with Gasteiger partial charge in [-0.05, 0) is 37.0 Å². The van der Waals surface area contributed by atoms with Gasteiger partial charge in [0.05, 0.1) is 16.8 Å². The quantitative estimate of drug-likeness (QED) is 0.862. The number of hydrogen-bond acceptors (Lipinski definition) is 2. The van der Waals surface area contributed by atoms with Crippen molar-refractivity contribution in [1.29, 1.82) is 5.26 Å². The molecule has 0 heterocycles. The topological polar surface area (TPSA) is 35.8 Å². The molecule has 2 atom stereocenters. The van der Waals surface area contributed by atoms with Gasteiger partial charge in [0, 0.05) is 6.04 Å². The first-order valence-corrected chi connectivity index (χ1v) is 6.79. The van der Waals surface area contributed by atoms with Gasteiger partial charge in [0.1, 0.15) is 6.07 Å². The van der Waals surface area contributed by atoms with Crippen LogP contribution in [-0.2, 0) is 6.18 Å². The molecular weight excluding hydrogens is 265 g/mol. The summed E-state index contributed by atoms with van der Waals surface area (Å²) in [6.45, 7) is 2.09. The molecule has 0 unspecified atom stereocenters. The first-order chi connectivity index (χ1) is 9.41. The Balaban J connectivity index is 2.27. The van der Waals surface area contributed by atoms with E-state index < -0.39 is 11.7 Å². The summed E-state index contributed by atoms with van der Waals surface area (Å²) in [7, 11) is 0. The lowest BCUT2D eigenvalue weighted by molar-refractivity contribution is -0.137. The van der Waals surface area contributed by atoms with Gasteiger partial charge in [-0.25, -0.2) is 0 Å². The Morgan fingerprint density at radius 3 is 2.55 bits per heavy atom. The first kappa shape index (κ1) is 14.7. The van der Waals surface area contributed by atoms with Crippen molar-refractivity contribution in [3.63, 3.8) is 0 Å². The van der Waals surface area contributed by atoms with E-state index in [0.717, 1.165) is 37.8 Å². The molecule has 2 nitrogen and oxygen atoms in total. The van der Waals surface area contributed by atoms with Gasteiger partial charge in [-0.2, -0.15) is 18.4 Å². The molecule has 0 bridgehead atoms. The van der Waals surface area contributed by atoms with Crippen molar-refractivity contribution in [1.82, 2.24) is 0 Å². The minimum Gasteiger partial charge on any atom is -0.381 e. The standard InChI is InChI=1S/C15H17F3N2/c1-10-4-2-3-5-13(10)20-14-8-12(15(16,17)18)7-6-11(14)9-19/h6-8,10,13,20H,2-5H2,1H3/t10-,13+/m1/s1. The van der Waals surface area contributed by atoms with Crippen LogP contribution in [0.1, 0.15) is 43.7 Å². The second kappa shape index (κ2) is 5.74. The molecule has 0 radical (unpaired) electrons. The molecule has 0 amide bonds. The third-order valence-electron chi connectivity index (χ3n) is 3.92. The van der Waals surface area contributed by atoms with Crippen LogP contribution in [0.4, 0.5) is 18.9 Å². The second-order valence-electron chi connectivity index (χ2n) is 5.38. The normalized spacial score (nSPS) is 23.1. The number of nitriles is 1. The molecule has 1 N–H and O–H groups in total. The largest absolute Gasteiger partial charge is 0.416 e. The highest BCUT2D eigenvalue weighted by Gasteiger charge is 2.31. The summed E-state index contributed by atoms with van der Waals surface area (Å²) in [6, 6.07) is 5.32. The Bertz CT molecular complexity index is 517. The number of hydrogen-bond donors (Lipinski definition) is 1. The summed E-state index contributed by atoms with van der Waals surface area (Å²) in [5.74, 6) is 0.407. The molecule has 0 saturated heterocycles. The predicted octanol–water partition coefficient (Wildman–Crippen LogP) is 4.57. The van der Waals surface area contributed by atoms with Crippen LogP contribution >= 0.6 is 0 Å². The molecule has 20 heavy (non-hydrogen) atoms.